The molecule has 0 saturated carbocycles. The summed E-state index contributed by atoms with van der Waals surface area (Å²) in [6.45, 7) is 6.35. The molecule has 3 rings (SSSR count). The van der Waals surface area contributed by atoms with Crippen LogP contribution in [0.4, 0.5) is 5.69 Å². The van der Waals surface area contributed by atoms with Crippen molar-refractivity contribution in [3.8, 4) is 11.1 Å². The third-order valence-corrected chi connectivity index (χ3v) is 5.27. The molecule has 0 fully saturated rings. The summed E-state index contributed by atoms with van der Waals surface area (Å²) in [5.41, 5.74) is 7.59. The Kier molecular flexibility index (Phi) is 6.65. The predicted molar refractivity (Wildman–Crippen MR) is 119 cm³/mol. The van der Waals surface area contributed by atoms with E-state index in [1.807, 2.05) is 42.5 Å². The lowest BCUT2D eigenvalue weighted by Crippen LogP contribution is -2.11. The highest BCUT2D eigenvalue weighted by molar-refractivity contribution is 6.04. The van der Waals surface area contributed by atoms with Crippen LogP contribution in [-0.4, -0.2) is 5.91 Å². The van der Waals surface area contributed by atoms with E-state index in [4.69, 9.17) is 0 Å². The fourth-order valence-corrected chi connectivity index (χ4v) is 3.28. The van der Waals surface area contributed by atoms with Crippen molar-refractivity contribution < 1.29 is 4.79 Å². The van der Waals surface area contributed by atoms with Crippen LogP contribution in [0.2, 0.25) is 0 Å². The Morgan fingerprint density at radius 1 is 0.786 bits per heavy atom. The van der Waals surface area contributed by atoms with E-state index in [0.29, 0.717) is 5.56 Å². The Morgan fingerprint density at radius 2 is 1.43 bits per heavy atom. The second kappa shape index (κ2) is 9.36. The molecule has 0 aliphatic heterocycles. The molecule has 0 atom stereocenters. The van der Waals surface area contributed by atoms with Crippen molar-refractivity contribution >= 4 is 11.6 Å². The minimum atomic E-state index is -0.0823. The van der Waals surface area contributed by atoms with Crippen molar-refractivity contribution in [1.82, 2.24) is 0 Å². The number of hydrogen-bond acceptors (Lipinski definition) is 1. The Labute approximate surface area is 168 Å². The zero-order chi connectivity index (χ0) is 19.9. The van der Waals surface area contributed by atoms with Gasteiger partial charge in [0.25, 0.3) is 5.91 Å². The van der Waals surface area contributed by atoms with E-state index < -0.39 is 0 Å². The molecule has 0 unspecified atom stereocenters. The topological polar surface area (TPSA) is 29.1 Å². The fraction of sp³-hybridized carbons (Fsp3) is 0.269. The molecule has 1 amide bonds. The second-order valence-corrected chi connectivity index (χ2v) is 7.48. The number of anilines is 1. The summed E-state index contributed by atoms with van der Waals surface area (Å²) in [6.07, 6.45) is 4.93. The highest BCUT2D eigenvalue weighted by Gasteiger charge is 2.07. The summed E-state index contributed by atoms with van der Waals surface area (Å²) >= 11 is 0. The molecule has 2 heteroatoms. The lowest BCUT2D eigenvalue weighted by molar-refractivity contribution is 0.102. The molecule has 28 heavy (non-hydrogen) atoms. The maximum Gasteiger partial charge on any atom is 0.255 e. The second-order valence-electron chi connectivity index (χ2n) is 7.48. The third-order valence-electron chi connectivity index (χ3n) is 5.27. The maximum atomic E-state index is 12.5. The number of carbonyl (C=O) groups excluding carboxylic acids is 1. The van der Waals surface area contributed by atoms with E-state index in [1.54, 1.807) is 0 Å². The smallest absolute Gasteiger partial charge is 0.255 e. The molecule has 0 aliphatic carbocycles. The van der Waals surface area contributed by atoms with E-state index in [9.17, 15) is 4.79 Å². The maximum absolute atomic E-state index is 12.5. The van der Waals surface area contributed by atoms with Crippen molar-refractivity contribution in [2.45, 2.75) is 46.5 Å². The highest BCUT2D eigenvalue weighted by Crippen LogP contribution is 2.22. The Bertz CT molecular complexity index is 924. The van der Waals surface area contributed by atoms with Gasteiger partial charge in [-0.2, -0.15) is 0 Å². The summed E-state index contributed by atoms with van der Waals surface area (Å²) < 4.78 is 0. The number of amides is 1. The molecule has 0 saturated heterocycles. The SMILES string of the molecule is CCCCCc1ccc(-c2ccc(C(=O)Nc3ccc(C)c(C)c3)cc2)cc1. The molecule has 0 spiro atoms. The van der Waals surface area contributed by atoms with Gasteiger partial charge >= 0.3 is 0 Å². The Morgan fingerprint density at radius 3 is 2.04 bits per heavy atom. The average Bonchev–Trinajstić information content (AvgIpc) is 2.72. The minimum Gasteiger partial charge on any atom is -0.322 e. The van der Waals surface area contributed by atoms with Gasteiger partial charge in [0.05, 0.1) is 0 Å². The number of aryl methyl sites for hydroxylation is 3. The highest BCUT2D eigenvalue weighted by atomic mass is 16.1. The zero-order valence-electron chi connectivity index (χ0n) is 17.1. The molecule has 0 radical (unpaired) electrons. The molecule has 3 aromatic carbocycles. The first-order chi connectivity index (χ1) is 13.6. The lowest BCUT2D eigenvalue weighted by atomic mass is 10.0. The number of hydrogen-bond donors (Lipinski definition) is 1. The normalized spacial score (nSPS) is 10.7. The molecule has 0 heterocycles. The summed E-state index contributed by atoms with van der Waals surface area (Å²) in [5, 5.41) is 2.98. The summed E-state index contributed by atoms with van der Waals surface area (Å²) in [4.78, 5) is 12.5. The molecular formula is C26H29NO. The Hall–Kier alpha value is -2.87. The lowest BCUT2D eigenvalue weighted by Gasteiger charge is -2.09. The van der Waals surface area contributed by atoms with Crippen molar-refractivity contribution in [2.75, 3.05) is 5.32 Å². The van der Waals surface area contributed by atoms with Gasteiger partial charge in [0, 0.05) is 11.3 Å². The summed E-state index contributed by atoms with van der Waals surface area (Å²) in [5.74, 6) is -0.0823. The van der Waals surface area contributed by atoms with Gasteiger partial charge in [-0.15, -0.1) is 0 Å². The van der Waals surface area contributed by atoms with Gasteiger partial charge in [-0.25, -0.2) is 0 Å². The zero-order valence-corrected chi connectivity index (χ0v) is 17.1. The molecular weight excluding hydrogens is 342 g/mol. The first-order valence-electron chi connectivity index (χ1n) is 10.1. The van der Waals surface area contributed by atoms with Crippen molar-refractivity contribution in [2.24, 2.45) is 0 Å². The number of nitrogens with one attached hydrogen (secondary N) is 1. The molecule has 144 valence electrons. The van der Waals surface area contributed by atoms with Crippen LogP contribution in [0.15, 0.2) is 66.7 Å². The van der Waals surface area contributed by atoms with Crippen LogP contribution in [-0.2, 0) is 6.42 Å². The van der Waals surface area contributed by atoms with Gasteiger partial charge in [-0.3, -0.25) is 4.79 Å². The molecule has 0 bridgehead atoms. The summed E-state index contributed by atoms with van der Waals surface area (Å²) in [7, 11) is 0. The van der Waals surface area contributed by atoms with E-state index in [-0.39, 0.29) is 5.91 Å². The standard InChI is InChI=1S/C26H29NO/c1-4-5-6-7-21-9-11-22(12-10-21)23-13-15-24(16-14-23)26(28)27-25-17-8-19(2)20(3)18-25/h8-18H,4-7H2,1-3H3,(H,27,28). The van der Waals surface area contributed by atoms with Gasteiger partial charge in [0.1, 0.15) is 0 Å². The van der Waals surface area contributed by atoms with Crippen molar-refractivity contribution in [1.29, 1.82) is 0 Å². The predicted octanol–water partition coefficient (Wildman–Crippen LogP) is 6.96. The first-order valence-corrected chi connectivity index (χ1v) is 10.1. The van der Waals surface area contributed by atoms with Gasteiger partial charge < -0.3 is 5.32 Å². The summed E-state index contributed by atoms with van der Waals surface area (Å²) in [6, 6.07) is 22.6. The van der Waals surface area contributed by atoms with Crippen LogP contribution in [0.5, 0.6) is 0 Å². The van der Waals surface area contributed by atoms with Gasteiger partial charge in [-0.1, -0.05) is 62.2 Å². The van der Waals surface area contributed by atoms with Crippen molar-refractivity contribution in [3.05, 3.63) is 89.0 Å². The van der Waals surface area contributed by atoms with E-state index in [0.717, 1.165) is 17.7 Å². The van der Waals surface area contributed by atoms with E-state index in [2.05, 4.69) is 50.4 Å². The van der Waals surface area contributed by atoms with Gasteiger partial charge in [0.15, 0.2) is 0 Å². The largest absolute Gasteiger partial charge is 0.322 e. The van der Waals surface area contributed by atoms with Crippen molar-refractivity contribution in [3.63, 3.8) is 0 Å². The van der Waals surface area contributed by atoms with E-state index >= 15 is 0 Å². The third kappa shape index (κ3) is 5.10. The number of benzene rings is 3. The molecule has 1 N–H and O–H groups in total. The first kappa shape index (κ1) is 19.9. The Balaban J connectivity index is 1.65. The van der Waals surface area contributed by atoms with E-state index in [1.165, 1.54) is 41.5 Å². The molecule has 0 aromatic heterocycles. The number of unbranched alkanes of at least 4 members (excludes halogenated alkanes) is 2. The quantitative estimate of drug-likeness (QED) is 0.447. The van der Waals surface area contributed by atoms with Crippen LogP contribution in [0, 0.1) is 13.8 Å². The van der Waals surface area contributed by atoms with Crippen LogP contribution in [0.3, 0.4) is 0 Å². The van der Waals surface area contributed by atoms with Crippen LogP contribution in [0.1, 0.15) is 53.2 Å². The molecule has 2 nitrogen and oxygen atoms in total. The van der Waals surface area contributed by atoms with Crippen LogP contribution in [0.25, 0.3) is 11.1 Å². The van der Waals surface area contributed by atoms with Gasteiger partial charge in [-0.05, 0) is 78.8 Å². The minimum absolute atomic E-state index is 0.0823. The van der Waals surface area contributed by atoms with Crippen LogP contribution < -0.4 is 5.32 Å². The molecule has 3 aromatic rings. The number of carbonyl (C=O) groups is 1. The number of rotatable bonds is 7. The fourth-order valence-electron chi connectivity index (χ4n) is 3.28. The average molecular weight is 372 g/mol. The van der Waals surface area contributed by atoms with Gasteiger partial charge in [0.2, 0.25) is 0 Å². The molecule has 0 aliphatic rings. The monoisotopic (exact) mass is 371 g/mol. The van der Waals surface area contributed by atoms with Crippen LogP contribution >= 0.6 is 0 Å².